The second-order valence-electron chi connectivity index (χ2n) is 6.30. The summed E-state index contributed by atoms with van der Waals surface area (Å²) in [6, 6.07) is -1.66. The van der Waals surface area contributed by atoms with E-state index in [4.69, 9.17) is 0 Å². The van der Waals surface area contributed by atoms with Gasteiger partial charge in [-0.3, -0.25) is 35.2 Å². The van der Waals surface area contributed by atoms with Crippen LogP contribution in [0.4, 0.5) is 0 Å². The van der Waals surface area contributed by atoms with Crippen LogP contribution in [0, 0.1) is 36.4 Å². The van der Waals surface area contributed by atoms with Crippen molar-refractivity contribution in [3.8, 4) is 0 Å². The number of nitro groups is 3. The molecule has 0 amide bonds. The smallest absolute Gasteiger partial charge is 0.268 e. The Labute approximate surface area is 143 Å². The molecule has 0 radical (unpaired) electrons. The normalized spacial score (nSPS) is 24.6. The Kier molecular flexibility index (Phi) is 4.57. The van der Waals surface area contributed by atoms with Gasteiger partial charge < -0.3 is 4.90 Å². The molecule has 2 heterocycles. The van der Waals surface area contributed by atoms with Crippen LogP contribution in [0.3, 0.4) is 0 Å². The lowest BCUT2D eigenvalue weighted by atomic mass is 9.93. The van der Waals surface area contributed by atoms with Gasteiger partial charge in [0.15, 0.2) is 5.70 Å². The SMILES string of the molecule is O=[N+]([O-])C1=C[C-]([N+](=O)[O-])C(N2CCCC2)C([N+](=O)[O-])=C1N1CCCC1. The fraction of sp³-hybridized carbons (Fsp3) is 0.643. The van der Waals surface area contributed by atoms with Crippen LogP contribution in [0.1, 0.15) is 25.7 Å². The predicted molar refractivity (Wildman–Crippen MR) is 84.7 cm³/mol. The highest BCUT2D eigenvalue weighted by molar-refractivity contribution is 5.41. The molecule has 0 saturated carbocycles. The Morgan fingerprint density at radius 1 is 0.920 bits per heavy atom. The second-order valence-corrected chi connectivity index (χ2v) is 6.30. The Morgan fingerprint density at radius 3 is 1.96 bits per heavy atom. The highest BCUT2D eigenvalue weighted by atomic mass is 16.6. The van der Waals surface area contributed by atoms with Crippen LogP contribution >= 0.6 is 0 Å². The Bertz CT molecular complexity index is 663. The van der Waals surface area contributed by atoms with Crippen molar-refractivity contribution >= 4 is 0 Å². The summed E-state index contributed by atoms with van der Waals surface area (Å²) in [6.07, 6.45) is 4.04. The standard InChI is InChI=1S/C14H18N5O6/c20-17(21)10-9-11(18(22)23)13(16-7-3-4-8-16)14(19(24)25)12(10)15-5-1-2-6-15/h9,12H,1-8H2/q-1. The minimum Gasteiger partial charge on any atom is -0.376 e. The van der Waals surface area contributed by atoms with Gasteiger partial charge in [-0.05, 0) is 48.6 Å². The molecule has 2 aliphatic heterocycles. The lowest BCUT2D eigenvalue weighted by molar-refractivity contribution is -0.488. The Hall–Kier alpha value is -2.69. The van der Waals surface area contributed by atoms with Crippen molar-refractivity contribution in [3.05, 3.63) is 59.6 Å². The maximum absolute atomic E-state index is 11.8. The summed E-state index contributed by atoms with van der Waals surface area (Å²) in [5.74, 6) is 0. The largest absolute Gasteiger partial charge is 0.376 e. The molecule has 136 valence electrons. The van der Waals surface area contributed by atoms with Crippen LogP contribution in [0.2, 0.25) is 0 Å². The van der Waals surface area contributed by atoms with Crippen molar-refractivity contribution in [2.75, 3.05) is 26.2 Å². The summed E-state index contributed by atoms with van der Waals surface area (Å²) in [6.45, 7) is 1.93. The van der Waals surface area contributed by atoms with Crippen LogP contribution in [0.5, 0.6) is 0 Å². The van der Waals surface area contributed by atoms with Gasteiger partial charge in [-0.2, -0.15) is 0 Å². The Morgan fingerprint density at radius 2 is 1.48 bits per heavy atom. The molecule has 0 spiro atoms. The first-order valence-corrected chi connectivity index (χ1v) is 8.17. The summed E-state index contributed by atoms with van der Waals surface area (Å²) in [7, 11) is 0. The van der Waals surface area contributed by atoms with Crippen molar-refractivity contribution in [3.63, 3.8) is 0 Å². The molecule has 0 aromatic rings. The average Bonchev–Trinajstić information content (AvgIpc) is 3.25. The van der Waals surface area contributed by atoms with Gasteiger partial charge >= 0.3 is 0 Å². The van der Waals surface area contributed by atoms with Gasteiger partial charge in [0.1, 0.15) is 17.8 Å². The molecule has 0 aromatic carbocycles. The first-order valence-electron chi connectivity index (χ1n) is 8.17. The van der Waals surface area contributed by atoms with E-state index < -0.39 is 38.2 Å². The van der Waals surface area contributed by atoms with Crippen molar-refractivity contribution in [2.45, 2.75) is 31.7 Å². The summed E-state index contributed by atoms with van der Waals surface area (Å²) < 4.78 is 0. The molecule has 11 nitrogen and oxygen atoms in total. The topological polar surface area (TPSA) is 136 Å². The molecule has 2 saturated heterocycles. The minimum atomic E-state index is -1.16. The number of hydrogen-bond acceptors (Lipinski definition) is 8. The van der Waals surface area contributed by atoms with Gasteiger partial charge in [-0.1, -0.05) is 6.08 Å². The fourth-order valence-electron chi connectivity index (χ4n) is 3.79. The zero-order valence-corrected chi connectivity index (χ0v) is 13.5. The van der Waals surface area contributed by atoms with Crippen LogP contribution < -0.4 is 0 Å². The van der Waals surface area contributed by atoms with Crippen LogP contribution in [-0.2, 0) is 0 Å². The molecule has 1 aliphatic carbocycles. The number of likely N-dealkylation sites (tertiary alicyclic amines) is 2. The third kappa shape index (κ3) is 3.02. The van der Waals surface area contributed by atoms with Gasteiger partial charge in [0, 0.05) is 13.1 Å². The molecule has 3 aliphatic rings. The first-order chi connectivity index (χ1) is 11.9. The van der Waals surface area contributed by atoms with Crippen LogP contribution in [0.15, 0.2) is 23.2 Å². The van der Waals surface area contributed by atoms with E-state index in [1.807, 2.05) is 0 Å². The quantitative estimate of drug-likeness (QED) is 0.406. The predicted octanol–water partition coefficient (Wildman–Crippen LogP) is 1.02. The summed E-state index contributed by atoms with van der Waals surface area (Å²) >= 11 is 0. The highest BCUT2D eigenvalue weighted by Crippen LogP contribution is 2.38. The molecular weight excluding hydrogens is 334 g/mol. The summed E-state index contributed by atoms with van der Waals surface area (Å²) in [5, 5.41) is 34.8. The molecule has 25 heavy (non-hydrogen) atoms. The van der Waals surface area contributed by atoms with Crippen LogP contribution in [0.25, 0.3) is 0 Å². The van der Waals surface area contributed by atoms with Gasteiger partial charge in [0.2, 0.25) is 0 Å². The Balaban J connectivity index is 2.18. The fourth-order valence-corrected chi connectivity index (χ4v) is 3.79. The lowest BCUT2D eigenvalue weighted by Gasteiger charge is -2.36. The number of rotatable bonds is 5. The van der Waals surface area contributed by atoms with E-state index in [0.29, 0.717) is 26.2 Å². The lowest BCUT2D eigenvalue weighted by Crippen LogP contribution is -2.47. The third-order valence-corrected chi connectivity index (χ3v) is 4.84. The molecule has 0 bridgehead atoms. The highest BCUT2D eigenvalue weighted by Gasteiger charge is 2.47. The molecule has 11 heteroatoms. The monoisotopic (exact) mass is 352 g/mol. The van der Waals surface area contributed by atoms with Crippen molar-refractivity contribution in [1.29, 1.82) is 0 Å². The van der Waals surface area contributed by atoms with E-state index in [1.54, 1.807) is 9.80 Å². The van der Waals surface area contributed by atoms with Gasteiger partial charge in [-0.25, -0.2) is 0 Å². The first kappa shape index (κ1) is 17.1. The van der Waals surface area contributed by atoms with E-state index in [9.17, 15) is 30.3 Å². The molecular formula is C14H18N5O6-. The maximum atomic E-state index is 11.8. The average molecular weight is 352 g/mol. The zero-order valence-electron chi connectivity index (χ0n) is 13.5. The summed E-state index contributed by atoms with van der Waals surface area (Å²) in [5.41, 5.74) is -1.07. The molecule has 1 unspecified atom stereocenters. The minimum absolute atomic E-state index is 0.0741. The molecule has 1 atom stereocenters. The number of nitrogens with zero attached hydrogens (tertiary/aromatic N) is 5. The van der Waals surface area contributed by atoms with E-state index in [-0.39, 0.29) is 5.70 Å². The number of hydrogen-bond donors (Lipinski definition) is 0. The second kappa shape index (κ2) is 6.67. The van der Waals surface area contributed by atoms with Gasteiger partial charge in [0.05, 0.1) is 4.92 Å². The molecule has 2 fully saturated rings. The van der Waals surface area contributed by atoms with Gasteiger partial charge in [-0.15, -0.1) is 0 Å². The summed E-state index contributed by atoms with van der Waals surface area (Å²) in [4.78, 5) is 35.9. The molecule has 3 rings (SSSR count). The van der Waals surface area contributed by atoms with E-state index in [1.165, 1.54) is 0 Å². The van der Waals surface area contributed by atoms with Crippen molar-refractivity contribution < 1.29 is 14.8 Å². The maximum Gasteiger partial charge on any atom is 0.268 e. The van der Waals surface area contributed by atoms with E-state index >= 15 is 0 Å². The van der Waals surface area contributed by atoms with Gasteiger partial charge in [0.25, 0.3) is 5.70 Å². The molecule has 0 N–H and O–H groups in total. The third-order valence-electron chi connectivity index (χ3n) is 4.84. The molecule has 0 aromatic heterocycles. The van der Waals surface area contributed by atoms with E-state index in [2.05, 4.69) is 0 Å². The van der Waals surface area contributed by atoms with Crippen molar-refractivity contribution in [1.82, 2.24) is 9.80 Å². The zero-order chi connectivity index (χ0) is 18.1. The van der Waals surface area contributed by atoms with E-state index in [0.717, 1.165) is 31.8 Å². The van der Waals surface area contributed by atoms with Crippen LogP contribution in [-0.4, -0.2) is 56.8 Å². The van der Waals surface area contributed by atoms with Crippen molar-refractivity contribution in [2.24, 2.45) is 0 Å².